The molecule has 1 saturated heterocycles. The van der Waals surface area contributed by atoms with Crippen molar-refractivity contribution in [1.82, 2.24) is 14.5 Å². The number of hydrogen-bond acceptors (Lipinski definition) is 3. The summed E-state index contributed by atoms with van der Waals surface area (Å²) in [4.78, 5) is 19.3. The number of pyridine rings is 1. The van der Waals surface area contributed by atoms with Crippen LogP contribution in [0, 0.1) is 13.8 Å². The van der Waals surface area contributed by atoms with Gasteiger partial charge in [0.1, 0.15) is 12.4 Å². The molecule has 1 amide bonds. The summed E-state index contributed by atoms with van der Waals surface area (Å²) in [5, 5.41) is 0. The standard InChI is InChI=1S/C23H25N3O2/c1-17-12-13-18(2)26(17)22-20(10-6-14-24-22)21-11-7-15-25(21)23(27)28-16-19-8-4-3-5-9-19/h3-6,8-10,12-14,21H,7,11,15-16H2,1-2H3. The van der Waals surface area contributed by atoms with Gasteiger partial charge in [0.15, 0.2) is 0 Å². The van der Waals surface area contributed by atoms with Crippen LogP contribution in [0.3, 0.4) is 0 Å². The number of carbonyl (C=O) groups is 1. The minimum Gasteiger partial charge on any atom is -0.445 e. The normalized spacial score (nSPS) is 16.4. The fourth-order valence-corrected chi connectivity index (χ4v) is 3.97. The van der Waals surface area contributed by atoms with E-state index in [0.717, 1.165) is 41.2 Å². The lowest BCUT2D eigenvalue weighted by molar-refractivity contribution is 0.0920. The average molecular weight is 375 g/mol. The molecule has 1 atom stereocenters. The Hall–Kier alpha value is -3.08. The second kappa shape index (κ2) is 7.89. The Morgan fingerprint density at radius 3 is 2.57 bits per heavy atom. The topological polar surface area (TPSA) is 47.4 Å². The van der Waals surface area contributed by atoms with Crippen molar-refractivity contribution in [2.75, 3.05) is 6.54 Å². The number of hydrogen-bond donors (Lipinski definition) is 0. The van der Waals surface area contributed by atoms with Crippen LogP contribution < -0.4 is 0 Å². The van der Waals surface area contributed by atoms with Gasteiger partial charge in [-0.15, -0.1) is 0 Å². The Balaban J connectivity index is 1.58. The summed E-state index contributed by atoms with van der Waals surface area (Å²) in [6.07, 6.45) is 3.42. The first-order valence-electron chi connectivity index (χ1n) is 9.72. The molecule has 0 saturated carbocycles. The van der Waals surface area contributed by atoms with E-state index in [1.807, 2.05) is 47.5 Å². The molecule has 1 aliphatic heterocycles. The molecule has 144 valence electrons. The minimum atomic E-state index is -0.262. The van der Waals surface area contributed by atoms with Gasteiger partial charge in [-0.25, -0.2) is 9.78 Å². The predicted molar refractivity (Wildman–Crippen MR) is 108 cm³/mol. The van der Waals surface area contributed by atoms with E-state index in [0.29, 0.717) is 13.2 Å². The maximum absolute atomic E-state index is 12.8. The Morgan fingerprint density at radius 1 is 1.07 bits per heavy atom. The second-order valence-corrected chi connectivity index (χ2v) is 7.26. The monoisotopic (exact) mass is 375 g/mol. The Morgan fingerprint density at radius 2 is 1.82 bits per heavy atom. The summed E-state index contributed by atoms with van der Waals surface area (Å²) in [5.74, 6) is 0.898. The minimum absolute atomic E-state index is 0.0202. The molecule has 0 N–H and O–H groups in total. The molecule has 2 aromatic heterocycles. The smallest absolute Gasteiger partial charge is 0.410 e. The first-order valence-corrected chi connectivity index (χ1v) is 9.72. The maximum Gasteiger partial charge on any atom is 0.410 e. The van der Waals surface area contributed by atoms with E-state index < -0.39 is 0 Å². The Bertz CT molecular complexity index is 945. The van der Waals surface area contributed by atoms with Crippen LogP contribution in [0.25, 0.3) is 5.82 Å². The maximum atomic E-state index is 12.8. The number of rotatable bonds is 4. The molecule has 3 aromatic rings. The summed E-state index contributed by atoms with van der Waals surface area (Å²) >= 11 is 0. The van der Waals surface area contributed by atoms with Crippen LogP contribution in [0.4, 0.5) is 4.79 Å². The zero-order chi connectivity index (χ0) is 19.5. The molecule has 0 radical (unpaired) electrons. The van der Waals surface area contributed by atoms with Crippen molar-refractivity contribution < 1.29 is 9.53 Å². The van der Waals surface area contributed by atoms with Crippen molar-refractivity contribution >= 4 is 6.09 Å². The number of ether oxygens (including phenoxy) is 1. The third-order valence-electron chi connectivity index (χ3n) is 5.35. The fourth-order valence-electron chi connectivity index (χ4n) is 3.97. The fraction of sp³-hybridized carbons (Fsp3) is 0.304. The van der Waals surface area contributed by atoms with Crippen molar-refractivity contribution in [3.05, 3.63) is 83.3 Å². The molecule has 0 bridgehead atoms. The van der Waals surface area contributed by atoms with E-state index in [2.05, 4.69) is 41.6 Å². The zero-order valence-electron chi connectivity index (χ0n) is 16.3. The molecular weight excluding hydrogens is 350 g/mol. The molecule has 0 spiro atoms. The summed E-state index contributed by atoms with van der Waals surface area (Å²) in [7, 11) is 0. The predicted octanol–water partition coefficient (Wildman–Crippen LogP) is 4.96. The Kier molecular flexibility index (Phi) is 5.15. The Labute approximate surface area is 165 Å². The average Bonchev–Trinajstić information content (AvgIpc) is 3.34. The number of amides is 1. The largest absolute Gasteiger partial charge is 0.445 e. The first kappa shape index (κ1) is 18.3. The molecule has 0 aliphatic carbocycles. The van der Waals surface area contributed by atoms with Crippen LogP contribution >= 0.6 is 0 Å². The highest BCUT2D eigenvalue weighted by Crippen LogP contribution is 2.35. The number of benzene rings is 1. The number of aryl methyl sites for hydroxylation is 2. The highest BCUT2D eigenvalue weighted by molar-refractivity contribution is 5.69. The third kappa shape index (κ3) is 3.52. The van der Waals surface area contributed by atoms with Gasteiger partial charge in [0.2, 0.25) is 0 Å². The summed E-state index contributed by atoms with van der Waals surface area (Å²) in [6, 6.07) is 18.0. The van der Waals surface area contributed by atoms with Crippen LogP contribution in [-0.4, -0.2) is 27.1 Å². The summed E-state index contributed by atoms with van der Waals surface area (Å²) < 4.78 is 7.76. The van der Waals surface area contributed by atoms with Gasteiger partial charge in [0.05, 0.1) is 6.04 Å². The van der Waals surface area contributed by atoms with Crippen LogP contribution in [0.2, 0.25) is 0 Å². The highest BCUT2D eigenvalue weighted by Gasteiger charge is 2.33. The zero-order valence-corrected chi connectivity index (χ0v) is 16.3. The van der Waals surface area contributed by atoms with E-state index in [9.17, 15) is 4.79 Å². The highest BCUT2D eigenvalue weighted by atomic mass is 16.6. The molecule has 3 heterocycles. The van der Waals surface area contributed by atoms with Crippen LogP contribution in [0.15, 0.2) is 60.8 Å². The molecule has 1 fully saturated rings. The molecule has 5 nitrogen and oxygen atoms in total. The lowest BCUT2D eigenvalue weighted by Crippen LogP contribution is -2.31. The van der Waals surface area contributed by atoms with Gasteiger partial charge in [0.25, 0.3) is 0 Å². The number of likely N-dealkylation sites (tertiary alicyclic amines) is 1. The van der Waals surface area contributed by atoms with Crippen LogP contribution in [0.1, 0.15) is 41.4 Å². The quantitative estimate of drug-likeness (QED) is 0.647. The third-order valence-corrected chi connectivity index (χ3v) is 5.35. The molecule has 28 heavy (non-hydrogen) atoms. The van der Waals surface area contributed by atoms with E-state index >= 15 is 0 Å². The van der Waals surface area contributed by atoms with Gasteiger partial charge in [-0.2, -0.15) is 0 Å². The summed E-state index contributed by atoms with van der Waals surface area (Å²) in [5.41, 5.74) is 4.33. The van der Waals surface area contributed by atoms with E-state index in [1.54, 1.807) is 0 Å². The van der Waals surface area contributed by atoms with Gasteiger partial charge in [-0.3, -0.25) is 0 Å². The molecular formula is C23H25N3O2. The molecule has 5 heteroatoms. The van der Waals surface area contributed by atoms with Gasteiger partial charge in [-0.05, 0) is 50.5 Å². The lowest BCUT2D eigenvalue weighted by Gasteiger charge is -2.26. The van der Waals surface area contributed by atoms with Gasteiger partial charge in [0, 0.05) is 29.7 Å². The molecule has 1 aromatic carbocycles. The molecule has 1 unspecified atom stereocenters. The van der Waals surface area contributed by atoms with Crippen molar-refractivity contribution in [2.24, 2.45) is 0 Å². The van der Waals surface area contributed by atoms with Crippen molar-refractivity contribution in [2.45, 2.75) is 39.3 Å². The van der Waals surface area contributed by atoms with E-state index in [4.69, 9.17) is 4.74 Å². The van der Waals surface area contributed by atoms with Gasteiger partial charge in [-0.1, -0.05) is 36.4 Å². The van der Waals surface area contributed by atoms with Crippen LogP contribution in [0.5, 0.6) is 0 Å². The van der Waals surface area contributed by atoms with E-state index in [1.165, 1.54) is 0 Å². The van der Waals surface area contributed by atoms with Gasteiger partial charge < -0.3 is 14.2 Å². The first-order chi connectivity index (χ1) is 13.6. The number of nitrogens with zero attached hydrogens (tertiary/aromatic N) is 3. The van der Waals surface area contributed by atoms with E-state index in [-0.39, 0.29) is 12.1 Å². The molecule has 4 rings (SSSR count). The second-order valence-electron chi connectivity index (χ2n) is 7.26. The van der Waals surface area contributed by atoms with Crippen molar-refractivity contribution in [3.63, 3.8) is 0 Å². The van der Waals surface area contributed by atoms with Crippen LogP contribution in [-0.2, 0) is 11.3 Å². The number of carbonyl (C=O) groups excluding carboxylic acids is 1. The van der Waals surface area contributed by atoms with Crippen molar-refractivity contribution in [3.8, 4) is 5.82 Å². The SMILES string of the molecule is Cc1ccc(C)n1-c1ncccc1C1CCCN1C(=O)OCc1ccccc1. The summed E-state index contributed by atoms with van der Waals surface area (Å²) in [6.45, 7) is 5.15. The molecule has 1 aliphatic rings. The lowest BCUT2D eigenvalue weighted by atomic mass is 10.1. The van der Waals surface area contributed by atoms with Crippen molar-refractivity contribution in [1.29, 1.82) is 0 Å². The number of aromatic nitrogens is 2. The van der Waals surface area contributed by atoms with Gasteiger partial charge >= 0.3 is 6.09 Å².